The molecule has 0 saturated heterocycles. The summed E-state index contributed by atoms with van der Waals surface area (Å²) >= 11 is 5.95. The third-order valence-corrected chi connectivity index (χ3v) is 6.50. The first-order valence-corrected chi connectivity index (χ1v) is 9.94. The Morgan fingerprint density at radius 2 is 1.96 bits per heavy atom. The molecule has 26 heavy (non-hydrogen) atoms. The molecule has 0 aliphatic carbocycles. The zero-order valence-corrected chi connectivity index (χ0v) is 16.0. The highest BCUT2D eigenvalue weighted by atomic mass is 35.5. The molecule has 7 heteroatoms. The van der Waals surface area contributed by atoms with Gasteiger partial charge in [0.15, 0.2) is 0 Å². The summed E-state index contributed by atoms with van der Waals surface area (Å²) < 4.78 is 46.1. The van der Waals surface area contributed by atoms with Crippen molar-refractivity contribution in [2.24, 2.45) is 0 Å². The summed E-state index contributed by atoms with van der Waals surface area (Å²) in [6, 6.07) is 12.1. The molecule has 138 valence electrons. The topological polar surface area (TPSA) is 46.6 Å². The van der Waals surface area contributed by atoms with Gasteiger partial charge in [-0.2, -0.15) is 0 Å². The zero-order valence-electron chi connectivity index (χ0n) is 14.4. The van der Waals surface area contributed by atoms with Crippen LogP contribution in [0.2, 0.25) is 5.02 Å². The Morgan fingerprint density at radius 1 is 1.27 bits per heavy atom. The standard InChI is InChI=1S/C19H19ClFNO3S/c1-13(14-6-4-3-5-7-14)11-22(2)26(23,24)17-9-15-8-16(21)10-18(20)19(15)25-12-17/h3-10,13H,11-12H2,1-2H3. The van der Waals surface area contributed by atoms with Gasteiger partial charge < -0.3 is 4.74 Å². The Labute approximate surface area is 157 Å². The number of fused-ring (bicyclic) bond motifs is 1. The molecule has 0 saturated carbocycles. The summed E-state index contributed by atoms with van der Waals surface area (Å²) in [7, 11) is -2.20. The van der Waals surface area contributed by atoms with E-state index in [9.17, 15) is 12.8 Å². The second-order valence-electron chi connectivity index (χ2n) is 6.30. The predicted molar refractivity (Wildman–Crippen MR) is 101 cm³/mol. The van der Waals surface area contributed by atoms with Gasteiger partial charge in [0.1, 0.15) is 18.2 Å². The summed E-state index contributed by atoms with van der Waals surface area (Å²) in [5.41, 5.74) is 1.38. The molecule has 1 aliphatic rings. The molecule has 1 atom stereocenters. The molecule has 0 bridgehead atoms. The molecule has 2 aromatic carbocycles. The largest absolute Gasteiger partial charge is 0.486 e. The fourth-order valence-electron chi connectivity index (χ4n) is 2.92. The molecular formula is C19H19ClFNO3S. The first-order valence-electron chi connectivity index (χ1n) is 8.12. The molecule has 0 N–H and O–H groups in total. The molecule has 1 heterocycles. The minimum atomic E-state index is -3.73. The number of rotatable bonds is 5. The molecule has 4 nitrogen and oxygen atoms in total. The van der Waals surface area contributed by atoms with Crippen LogP contribution in [0.3, 0.4) is 0 Å². The Bertz CT molecular complexity index is 945. The van der Waals surface area contributed by atoms with Crippen LogP contribution in [-0.4, -0.2) is 32.9 Å². The smallest absolute Gasteiger partial charge is 0.242 e. The quantitative estimate of drug-likeness (QED) is 0.759. The van der Waals surface area contributed by atoms with Crippen LogP contribution in [0, 0.1) is 5.82 Å². The summed E-state index contributed by atoms with van der Waals surface area (Å²) in [5.74, 6) is -0.217. The SMILES string of the molecule is CC(CN(C)S(=O)(=O)C1=Cc2cc(F)cc(Cl)c2OC1)c1ccccc1. The molecular weight excluding hydrogens is 377 g/mol. The van der Waals surface area contributed by atoms with Crippen LogP contribution in [0.25, 0.3) is 6.08 Å². The molecule has 1 unspecified atom stereocenters. The van der Waals surface area contributed by atoms with Crippen molar-refractivity contribution in [3.63, 3.8) is 0 Å². The van der Waals surface area contributed by atoms with Crippen molar-refractivity contribution < 1.29 is 17.5 Å². The monoisotopic (exact) mass is 395 g/mol. The average Bonchev–Trinajstić information content (AvgIpc) is 2.61. The molecule has 3 rings (SSSR count). The van der Waals surface area contributed by atoms with Crippen LogP contribution >= 0.6 is 11.6 Å². The molecule has 0 spiro atoms. The second kappa shape index (κ2) is 7.39. The van der Waals surface area contributed by atoms with Gasteiger partial charge in [-0.15, -0.1) is 0 Å². The molecule has 1 aliphatic heterocycles. The fraction of sp³-hybridized carbons (Fsp3) is 0.263. The van der Waals surface area contributed by atoms with Crippen molar-refractivity contribution in [2.45, 2.75) is 12.8 Å². The van der Waals surface area contributed by atoms with E-state index in [1.54, 1.807) is 0 Å². The van der Waals surface area contributed by atoms with Crippen molar-refractivity contribution in [1.29, 1.82) is 0 Å². The van der Waals surface area contributed by atoms with Gasteiger partial charge in [0.25, 0.3) is 0 Å². The lowest BCUT2D eigenvalue weighted by Crippen LogP contribution is -2.33. The second-order valence-corrected chi connectivity index (χ2v) is 8.81. The van der Waals surface area contributed by atoms with Crippen molar-refractivity contribution >= 4 is 27.7 Å². The highest BCUT2D eigenvalue weighted by Gasteiger charge is 2.29. The number of benzene rings is 2. The van der Waals surface area contributed by atoms with E-state index in [2.05, 4.69) is 0 Å². The number of hydrogen-bond donors (Lipinski definition) is 0. The Morgan fingerprint density at radius 3 is 2.65 bits per heavy atom. The Hall–Kier alpha value is -1.89. The van der Waals surface area contributed by atoms with Crippen LogP contribution in [0.15, 0.2) is 47.4 Å². The van der Waals surface area contributed by atoms with Gasteiger partial charge in [0, 0.05) is 19.2 Å². The molecule has 2 aromatic rings. The first kappa shape index (κ1) is 18.9. The van der Waals surface area contributed by atoms with Gasteiger partial charge in [-0.3, -0.25) is 0 Å². The van der Waals surface area contributed by atoms with E-state index in [1.165, 1.54) is 23.5 Å². The maximum absolute atomic E-state index is 13.6. The van der Waals surface area contributed by atoms with E-state index in [0.717, 1.165) is 11.6 Å². The van der Waals surface area contributed by atoms with E-state index in [0.29, 0.717) is 17.9 Å². The zero-order chi connectivity index (χ0) is 18.9. The maximum Gasteiger partial charge on any atom is 0.242 e. The maximum atomic E-state index is 13.6. The van der Waals surface area contributed by atoms with Crippen LogP contribution in [0.5, 0.6) is 5.75 Å². The first-order chi connectivity index (χ1) is 12.3. The molecule has 0 amide bonds. The van der Waals surface area contributed by atoms with Gasteiger partial charge in [-0.05, 0) is 29.7 Å². The Kier molecular flexibility index (Phi) is 5.37. The van der Waals surface area contributed by atoms with E-state index in [-0.39, 0.29) is 22.5 Å². The van der Waals surface area contributed by atoms with Gasteiger partial charge >= 0.3 is 0 Å². The van der Waals surface area contributed by atoms with Gasteiger partial charge in [-0.25, -0.2) is 17.1 Å². The van der Waals surface area contributed by atoms with Gasteiger partial charge in [-0.1, -0.05) is 48.9 Å². The van der Waals surface area contributed by atoms with Crippen molar-refractivity contribution in [3.05, 3.63) is 69.3 Å². The lowest BCUT2D eigenvalue weighted by Gasteiger charge is -2.25. The predicted octanol–water partition coefficient (Wildman–Crippen LogP) is 4.28. The lowest BCUT2D eigenvalue weighted by atomic mass is 10.0. The Balaban J connectivity index is 1.84. The van der Waals surface area contributed by atoms with Gasteiger partial charge in [0.2, 0.25) is 10.0 Å². The number of hydrogen-bond acceptors (Lipinski definition) is 3. The number of halogens is 2. The van der Waals surface area contributed by atoms with Crippen LogP contribution < -0.4 is 4.74 Å². The molecule has 0 aromatic heterocycles. The number of ether oxygens (including phenoxy) is 1. The number of sulfonamides is 1. The number of likely N-dealkylation sites (N-methyl/N-ethyl adjacent to an activating group) is 1. The average molecular weight is 396 g/mol. The van der Waals surface area contributed by atoms with Crippen molar-refractivity contribution in [2.75, 3.05) is 20.2 Å². The molecule has 0 radical (unpaired) electrons. The molecule has 0 fully saturated rings. The van der Waals surface area contributed by atoms with Crippen molar-refractivity contribution in [3.8, 4) is 5.75 Å². The number of nitrogens with zero attached hydrogens (tertiary/aromatic N) is 1. The van der Waals surface area contributed by atoms with E-state index < -0.39 is 15.8 Å². The third-order valence-electron chi connectivity index (χ3n) is 4.35. The van der Waals surface area contributed by atoms with Crippen LogP contribution in [0.4, 0.5) is 4.39 Å². The highest BCUT2D eigenvalue weighted by Crippen LogP contribution is 2.36. The minimum absolute atomic E-state index is 0.0280. The summed E-state index contributed by atoms with van der Waals surface area (Å²) in [6.07, 6.45) is 1.42. The van der Waals surface area contributed by atoms with Crippen LogP contribution in [0.1, 0.15) is 24.0 Å². The summed E-state index contributed by atoms with van der Waals surface area (Å²) in [5, 5.41) is 0.124. The normalized spacial score (nSPS) is 15.2. The summed E-state index contributed by atoms with van der Waals surface area (Å²) in [6.45, 7) is 2.16. The van der Waals surface area contributed by atoms with E-state index in [4.69, 9.17) is 16.3 Å². The third kappa shape index (κ3) is 3.77. The minimum Gasteiger partial charge on any atom is -0.486 e. The van der Waals surface area contributed by atoms with E-state index in [1.807, 2.05) is 37.3 Å². The van der Waals surface area contributed by atoms with E-state index >= 15 is 0 Å². The summed E-state index contributed by atoms with van der Waals surface area (Å²) in [4.78, 5) is 0.0782. The van der Waals surface area contributed by atoms with Crippen LogP contribution in [-0.2, 0) is 10.0 Å². The lowest BCUT2D eigenvalue weighted by molar-refractivity contribution is 0.349. The highest BCUT2D eigenvalue weighted by molar-refractivity contribution is 7.93. The van der Waals surface area contributed by atoms with Crippen molar-refractivity contribution in [1.82, 2.24) is 4.31 Å². The van der Waals surface area contributed by atoms with Gasteiger partial charge in [0.05, 0.1) is 9.93 Å². The fourth-order valence-corrected chi connectivity index (χ4v) is 4.49.